The highest BCUT2D eigenvalue weighted by Gasteiger charge is 2.28. The number of aromatic hydroxyl groups is 1. The van der Waals surface area contributed by atoms with Gasteiger partial charge in [0.15, 0.2) is 5.82 Å². The predicted molar refractivity (Wildman–Crippen MR) is 76.5 cm³/mol. The third-order valence-corrected chi connectivity index (χ3v) is 4.38. The van der Waals surface area contributed by atoms with E-state index in [-0.39, 0.29) is 5.75 Å². The molecule has 0 spiro atoms. The fraction of sp³-hybridized carbons (Fsp3) is 0.500. The minimum absolute atomic E-state index is 0.258. The molecule has 1 fully saturated rings. The summed E-state index contributed by atoms with van der Waals surface area (Å²) in [6.07, 6.45) is 4.80. The molecule has 4 nitrogen and oxygen atoms in total. The maximum absolute atomic E-state index is 9.76. The predicted octanol–water partition coefficient (Wildman–Crippen LogP) is 4.04. The molecule has 1 N–H and O–H groups in total. The van der Waals surface area contributed by atoms with Crippen LogP contribution in [-0.2, 0) is 0 Å². The van der Waals surface area contributed by atoms with Crippen molar-refractivity contribution < 1.29 is 9.63 Å². The van der Waals surface area contributed by atoms with E-state index in [2.05, 4.69) is 17.1 Å². The van der Waals surface area contributed by atoms with Crippen LogP contribution in [0.15, 0.2) is 22.7 Å². The summed E-state index contributed by atoms with van der Waals surface area (Å²) in [5.41, 5.74) is 1.62. The summed E-state index contributed by atoms with van der Waals surface area (Å²) in [7, 11) is 0. The third kappa shape index (κ3) is 2.42. The lowest BCUT2D eigenvalue weighted by Crippen LogP contribution is -1.97. The Morgan fingerprint density at radius 3 is 2.90 bits per heavy atom. The van der Waals surface area contributed by atoms with E-state index in [1.165, 1.54) is 12.8 Å². The summed E-state index contributed by atoms with van der Waals surface area (Å²) in [6.45, 7) is 4.10. The Balaban J connectivity index is 1.81. The fourth-order valence-electron chi connectivity index (χ4n) is 2.94. The molecule has 20 heavy (non-hydrogen) atoms. The van der Waals surface area contributed by atoms with Gasteiger partial charge in [-0.05, 0) is 49.8 Å². The van der Waals surface area contributed by atoms with E-state index in [4.69, 9.17) is 4.52 Å². The Bertz CT molecular complexity index is 606. The molecule has 0 bridgehead atoms. The minimum Gasteiger partial charge on any atom is -0.508 e. The van der Waals surface area contributed by atoms with Crippen molar-refractivity contribution in [2.75, 3.05) is 0 Å². The molecule has 1 aromatic heterocycles. The van der Waals surface area contributed by atoms with Crippen LogP contribution in [0.1, 0.15) is 49.9 Å². The van der Waals surface area contributed by atoms with Crippen LogP contribution in [0, 0.1) is 12.8 Å². The van der Waals surface area contributed by atoms with Gasteiger partial charge in [0.1, 0.15) is 5.75 Å². The Labute approximate surface area is 118 Å². The second-order valence-corrected chi connectivity index (χ2v) is 5.74. The fourth-order valence-corrected chi connectivity index (χ4v) is 2.94. The van der Waals surface area contributed by atoms with E-state index >= 15 is 0 Å². The molecule has 3 rings (SSSR count). The molecule has 1 heterocycles. The SMILES string of the molecule is CCC1CCC(c2noc(-c3ccc(C)c(O)c3)n2)C1. The summed E-state index contributed by atoms with van der Waals surface area (Å²) >= 11 is 0. The Hall–Kier alpha value is -1.84. The quantitative estimate of drug-likeness (QED) is 0.915. The summed E-state index contributed by atoms with van der Waals surface area (Å²) in [5, 5.41) is 13.9. The smallest absolute Gasteiger partial charge is 0.258 e. The molecule has 2 atom stereocenters. The van der Waals surface area contributed by atoms with Crippen molar-refractivity contribution in [2.24, 2.45) is 5.92 Å². The molecule has 4 heteroatoms. The lowest BCUT2D eigenvalue weighted by atomic mass is 10.0. The molecule has 1 aliphatic carbocycles. The van der Waals surface area contributed by atoms with Gasteiger partial charge in [-0.1, -0.05) is 24.6 Å². The lowest BCUT2D eigenvalue weighted by Gasteiger charge is -2.04. The zero-order chi connectivity index (χ0) is 14.1. The van der Waals surface area contributed by atoms with Crippen molar-refractivity contribution >= 4 is 0 Å². The van der Waals surface area contributed by atoms with Gasteiger partial charge in [0.25, 0.3) is 5.89 Å². The van der Waals surface area contributed by atoms with Gasteiger partial charge < -0.3 is 9.63 Å². The largest absolute Gasteiger partial charge is 0.508 e. The molecule has 2 aromatic rings. The van der Waals surface area contributed by atoms with E-state index in [0.29, 0.717) is 11.8 Å². The molecule has 0 saturated heterocycles. The first-order valence-electron chi connectivity index (χ1n) is 7.31. The van der Waals surface area contributed by atoms with Gasteiger partial charge in [-0.15, -0.1) is 0 Å². The van der Waals surface area contributed by atoms with Gasteiger partial charge in [-0.3, -0.25) is 0 Å². The monoisotopic (exact) mass is 272 g/mol. The topological polar surface area (TPSA) is 59.2 Å². The average Bonchev–Trinajstić information content (AvgIpc) is 3.09. The maximum Gasteiger partial charge on any atom is 0.258 e. The van der Waals surface area contributed by atoms with E-state index in [0.717, 1.165) is 35.7 Å². The van der Waals surface area contributed by atoms with E-state index in [9.17, 15) is 5.11 Å². The molecular weight excluding hydrogens is 252 g/mol. The zero-order valence-electron chi connectivity index (χ0n) is 12.0. The number of hydrogen-bond acceptors (Lipinski definition) is 4. The summed E-state index contributed by atoms with van der Waals surface area (Å²) in [4.78, 5) is 4.51. The molecule has 0 aliphatic heterocycles. The number of phenolic OH excluding ortho intramolecular Hbond substituents is 1. The van der Waals surface area contributed by atoms with E-state index in [1.54, 1.807) is 6.07 Å². The minimum atomic E-state index is 0.258. The molecule has 2 unspecified atom stereocenters. The molecule has 0 radical (unpaired) electrons. The van der Waals surface area contributed by atoms with Gasteiger partial charge in [-0.25, -0.2) is 0 Å². The van der Waals surface area contributed by atoms with Gasteiger partial charge in [0, 0.05) is 11.5 Å². The third-order valence-electron chi connectivity index (χ3n) is 4.38. The zero-order valence-corrected chi connectivity index (χ0v) is 12.0. The van der Waals surface area contributed by atoms with E-state index in [1.807, 2.05) is 19.1 Å². The maximum atomic E-state index is 9.76. The van der Waals surface area contributed by atoms with Crippen LogP contribution in [0.4, 0.5) is 0 Å². The molecule has 106 valence electrons. The number of aryl methyl sites for hydroxylation is 1. The second kappa shape index (κ2) is 5.27. The highest BCUT2D eigenvalue weighted by Crippen LogP contribution is 2.39. The average molecular weight is 272 g/mol. The summed E-state index contributed by atoms with van der Waals surface area (Å²) < 4.78 is 5.35. The number of benzene rings is 1. The van der Waals surface area contributed by atoms with Gasteiger partial charge in [0.2, 0.25) is 0 Å². The second-order valence-electron chi connectivity index (χ2n) is 5.74. The number of aromatic nitrogens is 2. The van der Waals surface area contributed by atoms with Crippen molar-refractivity contribution in [1.82, 2.24) is 10.1 Å². The molecular formula is C16H20N2O2. The van der Waals surface area contributed by atoms with E-state index < -0.39 is 0 Å². The molecule has 1 aromatic carbocycles. The molecule has 1 aliphatic rings. The van der Waals surface area contributed by atoms with Crippen molar-refractivity contribution in [3.05, 3.63) is 29.6 Å². The Morgan fingerprint density at radius 1 is 1.35 bits per heavy atom. The van der Waals surface area contributed by atoms with Crippen molar-refractivity contribution in [3.8, 4) is 17.2 Å². The van der Waals surface area contributed by atoms with Crippen LogP contribution in [0.25, 0.3) is 11.5 Å². The number of phenols is 1. The van der Waals surface area contributed by atoms with Crippen molar-refractivity contribution in [1.29, 1.82) is 0 Å². The Morgan fingerprint density at radius 2 is 2.20 bits per heavy atom. The van der Waals surface area contributed by atoms with Crippen LogP contribution >= 0.6 is 0 Å². The van der Waals surface area contributed by atoms with Crippen LogP contribution in [-0.4, -0.2) is 15.2 Å². The summed E-state index contributed by atoms with van der Waals surface area (Å²) in [5.74, 6) is 2.79. The highest BCUT2D eigenvalue weighted by atomic mass is 16.5. The highest BCUT2D eigenvalue weighted by molar-refractivity contribution is 5.57. The van der Waals surface area contributed by atoms with Gasteiger partial charge in [0.05, 0.1) is 0 Å². The van der Waals surface area contributed by atoms with Crippen molar-refractivity contribution in [2.45, 2.75) is 45.4 Å². The molecule has 0 amide bonds. The lowest BCUT2D eigenvalue weighted by molar-refractivity contribution is 0.413. The van der Waals surface area contributed by atoms with Crippen LogP contribution in [0.2, 0.25) is 0 Å². The Kier molecular flexibility index (Phi) is 3.47. The first-order valence-corrected chi connectivity index (χ1v) is 7.31. The first kappa shape index (κ1) is 13.2. The number of hydrogen-bond donors (Lipinski definition) is 1. The van der Waals surface area contributed by atoms with Crippen molar-refractivity contribution in [3.63, 3.8) is 0 Å². The van der Waals surface area contributed by atoms with Crippen LogP contribution < -0.4 is 0 Å². The molecule has 1 saturated carbocycles. The number of nitrogens with zero attached hydrogens (tertiary/aromatic N) is 2. The summed E-state index contributed by atoms with van der Waals surface area (Å²) in [6, 6.07) is 5.43. The van der Waals surface area contributed by atoms with Gasteiger partial charge >= 0.3 is 0 Å². The first-order chi connectivity index (χ1) is 9.67. The van der Waals surface area contributed by atoms with Gasteiger partial charge in [-0.2, -0.15) is 4.98 Å². The normalized spacial score (nSPS) is 22.3. The van der Waals surface area contributed by atoms with Crippen LogP contribution in [0.5, 0.6) is 5.75 Å². The number of rotatable bonds is 3. The van der Waals surface area contributed by atoms with Crippen LogP contribution in [0.3, 0.4) is 0 Å². The standard InChI is InChI=1S/C16H20N2O2/c1-3-11-5-7-12(8-11)15-17-16(20-18-15)13-6-4-10(2)14(19)9-13/h4,6,9,11-12,19H,3,5,7-8H2,1-2H3.